The predicted octanol–water partition coefficient (Wildman–Crippen LogP) is 0.549. The van der Waals surface area contributed by atoms with Crippen LogP contribution in [0.4, 0.5) is 0 Å². The summed E-state index contributed by atoms with van der Waals surface area (Å²) in [4.78, 5) is 14.4. The maximum absolute atomic E-state index is 12.0. The smallest absolute Gasteiger partial charge is 0.309 e. The Morgan fingerprint density at radius 1 is 1.47 bits per heavy atom. The van der Waals surface area contributed by atoms with Gasteiger partial charge in [0.2, 0.25) is 10.0 Å². The molecule has 2 heterocycles. The minimum atomic E-state index is -3.61. The zero-order valence-electron chi connectivity index (χ0n) is 8.58. The zero-order chi connectivity index (χ0) is 12.6. The van der Waals surface area contributed by atoms with Gasteiger partial charge in [-0.25, -0.2) is 8.42 Å². The lowest BCUT2D eigenvalue weighted by Gasteiger charge is -2.35. The largest absolute Gasteiger partial charge is 0.481 e. The Bertz CT molecular complexity index is 554. The van der Waals surface area contributed by atoms with E-state index in [1.165, 1.54) is 18.5 Å². The number of aliphatic carboxylic acids is 1. The lowest BCUT2D eigenvalue weighted by atomic mass is 10.0. The fraction of sp³-hybridized carbons (Fsp3) is 0.333. The fourth-order valence-corrected chi connectivity index (χ4v) is 3.51. The summed E-state index contributed by atoms with van der Waals surface area (Å²) in [7, 11) is -3.61. The van der Waals surface area contributed by atoms with E-state index in [0.29, 0.717) is 4.47 Å². The van der Waals surface area contributed by atoms with Gasteiger partial charge in [-0.05, 0) is 22.0 Å². The molecule has 1 saturated heterocycles. The molecule has 0 atom stereocenters. The number of rotatable bonds is 3. The molecule has 0 aliphatic carbocycles. The van der Waals surface area contributed by atoms with Crippen LogP contribution >= 0.6 is 15.9 Å². The summed E-state index contributed by atoms with van der Waals surface area (Å²) in [5, 5.41) is 8.69. The number of carboxylic acid groups (broad SMARTS) is 1. The van der Waals surface area contributed by atoms with Crippen LogP contribution in [0.3, 0.4) is 0 Å². The van der Waals surface area contributed by atoms with Crippen LogP contribution in [0.2, 0.25) is 0 Å². The standard InChI is InChI=1S/C9H9BrN2O4S/c10-7-1-8(3-11-2-7)17(15,16)12-4-6(5-12)9(13)14/h1-3,6H,4-5H2,(H,13,14). The van der Waals surface area contributed by atoms with Gasteiger partial charge in [-0.2, -0.15) is 4.31 Å². The van der Waals surface area contributed by atoms with Gasteiger partial charge in [0.15, 0.2) is 0 Å². The van der Waals surface area contributed by atoms with Crippen LogP contribution in [-0.4, -0.2) is 41.9 Å². The monoisotopic (exact) mass is 320 g/mol. The Morgan fingerprint density at radius 2 is 2.12 bits per heavy atom. The molecule has 0 bridgehead atoms. The molecule has 0 amide bonds. The maximum Gasteiger partial charge on any atom is 0.309 e. The highest BCUT2D eigenvalue weighted by Gasteiger charge is 2.40. The molecule has 1 aromatic rings. The number of pyridine rings is 1. The van der Waals surface area contributed by atoms with Gasteiger partial charge >= 0.3 is 5.97 Å². The normalized spacial score (nSPS) is 17.7. The van der Waals surface area contributed by atoms with Crippen LogP contribution < -0.4 is 0 Å². The first-order valence-electron chi connectivity index (χ1n) is 4.75. The van der Waals surface area contributed by atoms with Crippen molar-refractivity contribution in [3.8, 4) is 0 Å². The van der Waals surface area contributed by atoms with Gasteiger partial charge in [-0.3, -0.25) is 9.78 Å². The molecule has 17 heavy (non-hydrogen) atoms. The second kappa shape index (κ2) is 4.35. The molecule has 0 radical (unpaired) electrons. The fourth-order valence-electron chi connectivity index (χ4n) is 1.47. The van der Waals surface area contributed by atoms with Gasteiger partial charge < -0.3 is 5.11 Å². The molecule has 1 aliphatic rings. The number of hydrogen-bond acceptors (Lipinski definition) is 4. The van der Waals surface area contributed by atoms with Crippen LogP contribution in [0.25, 0.3) is 0 Å². The summed E-state index contributed by atoms with van der Waals surface area (Å²) in [6.07, 6.45) is 2.73. The second-order valence-corrected chi connectivity index (χ2v) is 6.55. The zero-order valence-corrected chi connectivity index (χ0v) is 11.0. The predicted molar refractivity (Wildman–Crippen MR) is 61.8 cm³/mol. The van der Waals surface area contributed by atoms with E-state index in [1.807, 2.05) is 0 Å². The van der Waals surface area contributed by atoms with Crippen molar-refractivity contribution >= 4 is 31.9 Å². The summed E-state index contributed by atoms with van der Waals surface area (Å²) < 4.78 is 25.7. The van der Waals surface area contributed by atoms with Crippen molar-refractivity contribution in [3.63, 3.8) is 0 Å². The first kappa shape index (κ1) is 12.5. The number of hydrogen-bond donors (Lipinski definition) is 1. The summed E-state index contributed by atoms with van der Waals surface area (Å²) in [6, 6.07) is 1.44. The molecule has 1 fully saturated rings. The third-order valence-corrected chi connectivity index (χ3v) is 4.75. The Hall–Kier alpha value is -0.990. The van der Waals surface area contributed by atoms with Crippen LogP contribution in [-0.2, 0) is 14.8 Å². The summed E-state index contributed by atoms with van der Waals surface area (Å²) in [6.45, 7) is 0.0361. The number of halogens is 1. The third kappa shape index (κ3) is 2.33. The quantitative estimate of drug-likeness (QED) is 0.878. The summed E-state index contributed by atoms with van der Waals surface area (Å²) in [5.74, 6) is -1.58. The van der Waals surface area contributed by atoms with Crippen molar-refractivity contribution in [2.24, 2.45) is 5.92 Å². The van der Waals surface area contributed by atoms with E-state index >= 15 is 0 Å². The lowest BCUT2D eigenvalue weighted by Crippen LogP contribution is -2.52. The van der Waals surface area contributed by atoms with E-state index in [1.54, 1.807) is 0 Å². The topological polar surface area (TPSA) is 87.6 Å². The van der Waals surface area contributed by atoms with Crippen molar-refractivity contribution in [2.45, 2.75) is 4.90 Å². The molecule has 2 rings (SSSR count). The Kier molecular flexibility index (Phi) is 3.19. The highest BCUT2D eigenvalue weighted by Crippen LogP contribution is 2.25. The van der Waals surface area contributed by atoms with Crippen molar-refractivity contribution in [1.82, 2.24) is 9.29 Å². The van der Waals surface area contributed by atoms with E-state index in [0.717, 1.165) is 4.31 Å². The van der Waals surface area contributed by atoms with Gasteiger partial charge in [0.1, 0.15) is 4.90 Å². The number of sulfonamides is 1. The van der Waals surface area contributed by atoms with E-state index < -0.39 is 21.9 Å². The molecule has 1 aromatic heterocycles. The molecule has 0 aromatic carbocycles. The van der Waals surface area contributed by atoms with E-state index in [-0.39, 0.29) is 18.0 Å². The van der Waals surface area contributed by atoms with Crippen molar-refractivity contribution in [1.29, 1.82) is 0 Å². The lowest BCUT2D eigenvalue weighted by molar-refractivity contribution is -0.145. The third-order valence-electron chi connectivity index (χ3n) is 2.51. The highest BCUT2D eigenvalue weighted by molar-refractivity contribution is 9.10. The van der Waals surface area contributed by atoms with Crippen molar-refractivity contribution < 1.29 is 18.3 Å². The van der Waals surface area contributed by atoms with Gasteiger partial charge in [-0.15, -0.1) is 0 Å². The van der Waals surface area contributed by atoms with Gasteiger partial charge in [0.25, 0.3) is 0 Å². The first-order chi connectivity index (χ1) is 7.91. The van der Waals surface area contributed by atoms with E-state index in [2.05, 4.69) is 20.9 Å². The van der Waals surface area contributed by atoms with Crippen LogP contribution in [0, 0.1) is 5.92 Å². The summed E-state index contributed by atoms with van der Waals surface area (Å²) >= 11 is 3.14. The molecule has 92 valence electrons. The van der Waals surface area contributed by atoms with E-state index in [4.69, 9.17) is 5.11 Å². The van der Waals surface area contributed by atoms with Crippen molar-refractivity contribution in [3.05, 3.63) is 22.9 Å². The molecule has 8 heteroatoms. The van der Waals surface area contributed by atoms with Gasteiger partial charge in [0, 0.05) is 30.0 Å². The van der Waals surface area contributed by atoms with Crippen LogP contribution in [0.1, 0.15) is 0 Å². The van der Waals surface area contributed by atoms with Crippen molar-refractivity contribution in [2.75, 3.05) is 13.1 Å². The number of carbonyl (C=O) groups is 1. The molecule has 0 spiro atoms. The molecule has 1 aliphatic heterocycles. The molecule has 1 N–H and O–H groups in total. The number of carboxylic acids is 1. The van der Waals surface area contributed by atoms with E-state index in [9.17, 15) is 13.2 Å². The van der Waals surface area contributed by atoms with Gasteiger partial charge in [0.05, 0.1) is 5.92 Å². The minimum Gasteiger partial charge on any atom is -0.481 e. The SMILES string of the molecule is O=C(O)C1CN(S(=O)(=O)c2cncc(Br)c2)C1. The average Bonchev–Trinajstić information content (AvgIpc) is 2.13. The second-order valence-electron chi connectivity index (χ2n) is 3.70. The van der Waals surface area contributed by atoms with Crippen LogP contribution in [0.15, 0.2) is 27.8 Å². The highest BCUT2D eigenvalue weighted by atomic mass is 79.9. The Morgan fingerprint density at radius 3 is 2.65 bits per heavy atom. The number of aromatic nitrogens is 1. The minimum absolute atomic E-state index is 0.0180. The average molecular weight is 321 g/mol. The Labute approximate surface area is 106 Å². The molecular formula is C9H9BrN2O4S. The van der Waals surface area contributed by atoms with Crippen LogP contribution in [0.5, 0.6) is 0 Å². The Balaban J connectivity index is 2.19. The molecular weight excluding hydrogens is 312 g/mol. The molecule has 6 nitrogen and oxygen atoms in total. The van der Waals surface area contributed by atoms with Gasteiger partial charge in [-0.1, -0.05) is 0 Å². The first-order valence-corrected chi connectivity index (χ1v) is 6.98. The number of nitrogens with zero attached hydrogens (tertiary/aromatic N) is 2. The summed E-state index contributed by atoms with van der Waals surface area (Å²) in [5.41, 5.74) is 0. The maximum atomic E-state index is 12.0. The molecule has 0 unspecified atom stereocenters. The molecule has 0 saturated carbocycles.